The van der Waals surface area contributed by atoms with E-state index in [0.29, 0.717) is 10.7 Å². The highest BCUT2D eigenvalue weighted by Gasteiger charge is 2.15. The zero-order chi connectivity index (χ0) is 12.1. The Balaban J connectivity index is 2.60. The Kier molecular flexibility index (Phi) is 4.31. The summed E-state index contributed by atoms with van der Waals surface area (Å²) < 4.78 is 4.73. The molecule has 0 aliphatic rings. The first kappa shape index (κ1) is 12.5. The second-order valence-electron chi connectivity index (χ2n) is 3.25. The Morgan fingerprint density at radius 2 is 2.12 bits per heavy atom. The van der Waals surface area contributed by atoms with Crippen LogP contribution in [-0.2, 0) is 14.3 Å². The van der Waals surface area contributed by atoms with Crippen molar-refractivity contribution >= 4 is 29.2 Å². The van der Waals surface area contributed by atoms with Gasteiger partial charge in [-0.05, 0) is 25.1 Å². The van der Waals surface area contributed by atoms with E-state index in [-0.39, 0.29) is 0 Å². The van der Waals surface area contributed by atoms with E-state index in [2.05, 4.69) is 5.32 Å². The van der Waals surface area contributed by atoms with Gasteiger partial charge in [0, 0.05) is 17.6 Å². The number of amides is 1. The molecule has 0 heterocycles. The van der Waals surface area contributed by atoms with Crippen LogP contribution in [0.15, 0.2) is 24.3 Å². The highest BCUT2D eigenvalue weighted by molar-refractivity contribution is 6.30. The molecule has 1 N–H and O–H groups in total. The summed E-state index contributed by atoms with van der Waals surface area (Å²) in [5.74, 6) is -0.883. The number of nitrogens with one attached hydrogen (secondary N) is 1. The first-order chi connectivity index (χ1) is 7.49. The Morgan fingerprint density at radius 3 is 2.69 bits per heavy atom. The third-order valence-corrected chi connectivity index (χ3v) is 2.04. The number of hydrogen-bond donors (Lipinski definition) is 1. The molecule has 16 heavy (non-hydrogen) atoms. The van der Waals surface area contributed by atoms with Crippen molar-refractivity contribution in [3.8, 4) is 0 Å². The number of anilines is 1. The molecule has 0 fully saturated rings. The van der Waals surface area contributed by atoms with E-state index < -0.39 is 18.0 Å². The van der Waals surface area contributed by atoms with E-state index in [1.54, 1.807) is 24.3 Å². The maximum Gasteiger partial charge on any atom is 0.303 e. The van der Waals surface area contributed by atoms with Crippen LogP contribution in [0.3, 0.4) is 0 Å². The molecule has 0 spiro atoms. The Morgan fingerprint density at radius 1 is 1.44 bits per heavy atom. The van der Waals surface area contributed by atoms with E-state index in [0.717, 1.165) is 0 Å². The molecule has 0 radical (unpaired) electrons. The van der Waals surface area contributed by atoms with Crippen LogP contribution in [-0.4, -0.2) is 18.0 Å². The van der Waals surface area contributed by atoms with Crippen molar-refractivity contribution < 1.29 is 14.3 Å². The first-order valence-electron chi connectivity index (χ1n) is 4.72. The van der Waals surface area contributed by atoms with Crippen molar-refractivity contribution in [2.24, 2.45) is 0 Å². The molecular weight excluding hydrogens is 230 g/mol. The smallest absolute Gasteiger partial charge is 0.303 e. The van der Waals surface area contributed by atoms with Gasteiger partial charge in [-0.2, -0.15) is 0 Å². The molecule has 86 valence electrons. The highest BCUT2D eigenvalue weighted by atomic mass is 35.5. The highest BCUT2D eigenvalue weighted by Crippen LogP contribution is 2.15. The summed E-state index contributed by atoms with van der Waals surface area (Å²) in [6, 6.07) is 6.73. The molecule has 0 unspecified atom stereocenters. The molecule has 5 heteroatoms. The third kappa shape index (κ3) is 3.90. The van der Waals surface area contributed by atoms with Crippen LogP contribution >= 0.6 is 11.6 Å². The number of halogens is 1. The van der Waals surface area contributed by atoms with Crippen molar-refractivity contribution in [2.75, 3.05) is 5.32 Å². The van der Waals surface area contributed by atoms with Gasteiger partial charge in [0.05, 0.1) is 0 Å². The summed E-state index contributed by atoms with van der Waals surface area (Å²) >= 11 is 5.76. The van der Waals surface area contributed by atoms with E-state index in [4.69, 9.17) is 16.3 Å². The molecule has 1 rings (SSSR count). The van der Waals surface area contributed by atoms with Gasteiger partial charge in [0.2, 0.25) is 0 Å². The summed E-state index contributed by atoms with van der Waals surface area (Å²) in [6.45, 7) is 2.75. The van der Waals surface area contributed by atoms with E-state index in [9.17, 15) is 9.59 Å². The Labute approximate surface area is 98.5 Å². The van der Waals surface area contributed by atoms with Crippen molar-refractivity contribution in [1.29, 1.82) is 0 Å². The van der Waals surface area contributed by atoms with Gasteiger partial charge in [-0.25, -0.2) is 0 Å². The average Bonchev–Trinajstić information content (AvgIpc) is 2.16. The lowest BCUT2D eigenvalue weighted by molar-refractivity contribution is -0.150. The van der Waals surface area contributed by atoms with Crippen LogP contribution < -0.4 is 5.32 Å². The van der Waals surface area contributed by atoms with Crippen LogP contribution in [0, 0.1) is 0 Å². The van der Waals surface area contributed by atoms with E-state index in [1.165, 1.54) is 13.8 Å². The molecule has 0 bridgehead atoms. The van der Waals surface area contributed by atoms with Crippen molar-refractivity contribution in [3.63, 3.8) is 0 Å². The summed E-state index contributed by atoms with van der Waals surface area (Å²) in [6.07, 6.45) is -0.823. The SMILES string of the molecule is CC(=O)O[C@H](C)C(=O)Nc1cccc(Cl)c1. The molecular formula is C11H12ClNO3. The second-order valence-corrected chi connectivity index (χ2v) is 3.69. The number of esters is 1. The lowest BCUT2D eigenvalue weighted by Gasteiger charge is -2.12. The molecule has 1 aromatic carbocycles. The van der Waals surface area contributed by atoms with Gasteiger partial charge in [0.25, 0.3) is 5.91 Å². The van der Waals surface area contributed by atoms with Crippen molar-refractivity contribution in [3.05, 3.63) is 29.3 Å². The van der Waals surface area contributed by atoms with Gasteiger partial charge in [-0.3, -0.25) is 9.59 Å². The lowest BCUT2D eigenvalue weighted by atomic mass is 10.3. The first-order valence-corrected chi connectivity index (χ1v) is 5.10. The molecule has 0 aliphatic carbocycles. The number of ether oxygens (including phenoxy) is 1. The van der Waals surface area contributed by atoms with Gasteiger partial charge in [0.15, 0.2) is 6.10 Å². The molecule has 1 atom stereocenters. The Hall–Kier alpha value is -1.55. The van der Waals surface area contributed by atoms with Gasteiger partial charge < -0.3 is 10.1 Å². The Bertz CT molecular complexity index is 406. The molecule has 1 aromatic rings. The number of rotatable bonds is 3. The molecule has 0 saturated carbocycles. The summed E-state index contributed by atoms with van der Waals surface area (Å²) in [4.78, 5) is 22.2. The lowest BCUT2D eigenvalue weighted by Crippen LogP contribution is -2.29. The predicted molar refractivity (Wildman–Crippen MR) is 61.3 cm³/mol. The molecule has 0 aliphatic heterocycles. The average molecular weight is 242 g/mol. The molecule has 1 amide bonds. The van der Waals surface area contributed by atoms with Crippen LogP contribution in [0.4, 0.5) is 5.69 Å². The van der Waals surface area contributed by atoms with Crippen molar-refractivity contribution in [2.45, 2.75) is 20.0 Å². The minimum Gasteiger partial charge on any atom is -0.453 e. The summed E-state index contributed by atoms with van der Waals surface area (Å²) in [5.41, 5.74) is 0.566. The number of benzene rings is 1. The van der Waals surface area contributed by atoms with Crippen LogP contribution in [0.25, 0.3) is 0 Å². The van der Waals surface area contributed by atoms with Gasteiger partial charge >= 0.3 is 5.97 Å². The minimum atomic E-state index is -0.823. The molecule has 0 saturated heterocycles. The maximum atomic E-state index is 11.5. The number of carbonyl (C=O) groups is 2. The van der Waals surface area contributed by atoms with Crippen LogP contribution in [0.2, 0.25) is 5.02 Å². The quantitative estimate of drug-likeness (QED) is 0.826. The van der Waals surface area contributed by atoms with E-state index >= 15 is 0 Å². The fourth-order valence-electron chi connectivity index (χ4n) is 1.11. The minimum absolute atomic E-state index is 0.391. The van der Waals surface area contributed by atoms with Crippen LogP contribution in [0.5, 0.6) is 0 Å². The topological polar surface area (TPSA) is 55.4 Å². The largest absolute Gasteiger partial charge is 0.453 e. The van der Waals surface area contributed by atoms with E-state index in [1.807, 2.05) is 0 Å². The fourth-order valence-corrected chi connectivity index (χ4v) is 1.30. The standard InChI is InChI=1S/C11H12ClNO3/c1-7(16-8(2)14)11(15)13-10-5-3-4-9(12)6-10/h3-7H,1-2H3,(H,13,15)/t7-/m1/s1. The second kappa shape index (κ2) is 5.51. The zero-order valence-electron chi connectivity index (χ0n) is 8.99. The predicted octanol–water partition coefficient (Wildman–Crippen LogP) is 2.23. The van der Waals surface area contributed by atoms with Crippen molar-refractivity contribution in [1.82, 2.24) is 0 Å². The fraction of sp³-hybridized carbons (Fsp3) is 0.273. The third-order valence-electron chi connectivity index (χ3n) is 1.80. The zero-order valence-corrected chi connectivity index (χ0v) is 9.75. The molecule has 0 aromatic heterocycles. The normalized spacial score (nSPS) is 11.7. The van der Waals surface area contributed by atoms with Gasteiger partial charge in [-0.1, -0.05) is 17.7 Å². The van der Waals surface area contributed by atoms with Gasteiger partial charge in [-0.15, -0.1) is 0 Å². The number of hydrogen-bond acceptors (Lipinski definition) is 3. The number of carbonyl (C=O) groups excluding carboxylic acids is 2. The van der Waals surface area contributed by atoms with Gasteiger partial charge in [0.1, 0.15) is 0 Å². The summed E-state index contributed by atoms with van der Waals surface area (Å²) in [5, 5.41) is 3.11. The monoisotopic (exact) mass is 241 g/mol. The summed E-state index contributed by atoms with van der Waals surface area (Å²) in [7, 11) is 0. The van der Waals surface area contributed by atoms with Crippen LogP contribution in [0.1, 0.15) is 13.8 Å². The maximum absolute atomic E-state index is 11.5. The molecule has 4 nitrogen and oxygen atoms in total.